The molecule has 1 fully saturated rings. The maximum absolute atomic E-state index is 9.64. The summed E-state index contributed by atoms with van der Waals surface area (Å²) in [6, 6.07) is 0. The number of hydrogen-bond acceptors (Lipinski definition) is 8. The number of hydrogen-bond donors (Lipinski definition) is 6. The van der Waals surface area contributed by atoms with Crippen LogP contribution in [-0.2, 0) is 9.47 Å². The van der Waals surface area contributed by atoms with Crippen LogP contribution in [0.2, 0.25) is 0 Å². The Morgan fingerprint density at radius 3 is 2.12 bits per heavy atom. The van der Waals surface area contributed by atoms with Crippen LogP contribution in [0.3, 0.4) is 0 Å². The van der Waals surface area contributed by atoms with Gasteiger partial charge < -0.3 is 41.4 Å². The maximum atomic E-state index is 9.64. The summed E-state index contributed by atoms with van der Waals surface area (Å²) in [6.45, 7) is -0.238. The van der Waals surface area contributed by atoms with Crippen LogP contribution < -0.4 is 11.5 Å². The van der Waals surface area contributed by atoms with Gasteiger partial charge in [-0.15, -0.1) is 0 Å². The van der Waals surface area contributed by atoms with Crippen LogP contribution in [0, 0.1) is 0 Å². The molecule has 1 saturated heterocycles. The second kappa shape index (κ2) is 6.57. The Balaban J connectivity index is 2.65. The molecule has 0 radical (unpaired) electrons. The lowest BCUT2D eigenvalue weighted by molar-refractivity contribution is -0.309. The molecule has 5 atom stereocenters. The molecule has 0 amide bonds. The quantitative estimate of drug-likeness (QED) is 0.290. The average molecular weight is 252 g/mol. The highest BCUT2D eigenvalue weighted by molar-refractivity contribution is 4.89. The Bertz CT molecular complexity index is 224. The number of rotatable bonds is 5. The molecule has 8 nitrogen and oxygen atoms in total. The second-order valence-electron chi connectivity index (χ2n) is 3.93. The van der Waals surface area contributed by atoms with Gasteiger partial charge in [0.2, 0.25) is 0 Å². The predicted molar refractivity (Wildman–Crippen MR) is 56.7 cm³/mol. The third-order valence-corrected chi connectivity index (χ3v) is 2.70. The Morgan fingerprint density at radius 2 is 1.65 bits per heavy atom. The van der Waals surface area contributed by atoms with E-state index in [9.17, 15) is 15.3 Å². The van der Waals surface area contributed by atoms with E-state index in [0.29, 0.717) is 0 Å². The topological polar surface area (TPSA) is 151 Å². The van der Waals surface area contributed by atoms with Gasteiger partial charge in [0.1, 0.15) is 24.4 Å². The molecule has 8 heteroatoms. The molecule has 0 aromatic rings. The monoisotopic (exact) mass is 252 g/mol. The molecule has 17 heavy (non-hydrogen) atoms. The summed E-state index contributed by atoms with van der Waals surface area (Å²) in [5.41, 5.74) is 10.7. The summed E-state index contributed by atoms with van der Waals surface area (Å²) in [5, 5.41) is 37.6. The van der Waals surface area contributed by atoms with E-state index in [0.717, 1.165) is 0 Å². The second-order valence-corrected chi connectivity index (χ2v) is 3.93. The molecular weight excluding hydrogens is 232 g/mol. The fourth-order valence-corrected chi connectivity index (χ4v) is 1.58. The van der Waals surface area contributed by atoms with Crippen LogP contribution in [0.5, 0.6) is 0 Å². The van der Waals surface area contributed by atoms with Gasteiger partial charge in [0.25, 0.3) is 0 Å². The molecule has 1 heterocycles. The zero-order valence-corrected chi connectivity index (χ0v) is 9.35. The Labute approximate surface area is 98.7 Å². The summed E-state index contributed by atoms with van der Waals surface area (Å²) in [6.07, 6.45) is -6.98. The van der Waals surface area contributed by atoms with E-state index in [1.165, 1.54) is 0 Å². The van der Waals surface area contributed by atoms with Gasteiger partial charge in [-0.1, -0.05) is 0 Å². The SMILES string of the molecule is NCC(CN)O[C@@H]1O[C@H](CO)[C@@H](O)[C@H](O)[C@H]1O. The molecule has 1 rings (SSSR count). The van der Waals surface area contributed by atoms with Crippen LogP contribution in [0.25, 0.3) is 0 Å². The first-order valence-corrected chi connectivity index (χ1v) is 5.41. The van der Waals surface area contributed by atoms with Gasteiger partial charge in [-0.05, 0) is 0 Å². The molecule has 0 saturated carbocycles. The zero-order valence-electron chi connectivity index (χ0n) is 9.35. The van der Waals surface area contributed by atoms with Crippen molar-refractivity contribution in [2.45, 2.75) is 36.8 Å². The fourth-order valence-electron chi connectivity index (χ4n) is 1.58. The van der Waals surface area contributed by atoms with Crippen molar-refractivity contribution < 1.29 is 29.9 Å². The molecule has 0 aromatic heterocycles. The molecule has 0 aromatic carbocycles. The highest BCUT2D eigenvalue weighted by Gasteiger charge is 2.44. The Hall–Kier alpha value is -0.320. The molecule has 1 aliphatic rings. The van der Waals surface area contributed by atoms with E-state index in [-0.39, 0.29) is 13.1 Å². The van der Waals surface area contributed by atoms with Gasteiger partial charge in [-0.3, -0.25) is 0 Å². The van der Waals surface area contributed by atoms with Crippen LogP contribution in [0.15, 0.2) is 0 Å². The number of ether oxygens (including phenoxy) is 2. The Kier molecular flexibility index (Phi) is 5.70. The first kappa shape index (κ1) is 14.7. The van der Waals surface area contributed by atoms with E-state index in [2.05, 4.69) is 0 Å². The molecular formula is C9H20N2O6. The van der Waals surface area contributed by atoms with Crippen molar-refractivity contribution in [3.63, 3.8) is 0 Å². The largest absolute Gasteiger partial charge is 0.394 e. The number of nitrogens with two attached hydrogens (primary N) is 2. The van der Waals surface area contributed by atoms with E-state index in [1.54, 1.807) is 0 Å². The van der Waals surface area contributed by atoms with Crippen LogP contribution in [-0.4, -0.2) is 76.9 Å². The third kappa shape index (κ3) is 3.33. The minimum atomic E-state index is -1.46. The summed E-state index contributed by atoms with van der Waals surface area (Å²) in [5.74, 6) is 0. The summed E-state index contributed by atoms with van der Waals surface area (Å²) >= 11 is 0. The minimum absolute atomic E-state index is 0.130. The van der Waals surface area contributed by atoms with E-state index in [1.807, 2.05) is 0 Å². The van der Waals surface area contributed by atoms with Crippen LogP contribution in [0.1, 0.15) is 0 Å². The summed E-state index contributed by atoms with van der Waals surface area (Å²) < 4.78 is 10.4. The maximum Gasteiger partial charge on any atom is 0.187 e. The highest BCUT2D eigenvalue weighted by atomic mass is 16.7. The van der Waals surface area contributed by atoms with Gasteiger partial charge in [-0.2, -0.15) is 0 Å². The minimum Gasteiger partial charge on any atom is -0.394 e. The zero-order chi connectivity index (χ0) is 13.0. The van der Waals surface area contributed by atoms with Crippen LogP contribution >= 0.6 is 0 Å². The first-order chi connectivity index (χ1) is 8.04. The van der Waals surface area contributed by atoms with Crippen molar-refractivity contribution in [3.8, 4) is 0 Å². The third-order valence-electron chi connectivity index (χ3n) is 2.70. The standard InChI is InChI=1S/C9H20N2O6/c10-1-4(2-11)16-9-8(15)7(14)6(13)5(3-12)17-9/h4-9,12-15H,1-3,10-11H2/t5-,6-,7+,8-,9-/m1/s1. The smallest absolute Gasteiger partial charge is 0.187 e. The molecule has 0 aliphatic carbocycles. The van der Waals surface area contributed by atoms with Gasteiger partial charge in [0.15, 0.2) is 6.29 Å². The van der Waals surface area contributed by atoms with Gasteiger partial charge in [0, 0.05) is 13.1 Å². The van der Waals surface area contributed by atoms with E-state index >= 15 is 0 Å². The molecule has 1 aliphatic heterocycles. The number of aliphatic hydroxyl groups excluding tert-OH is 4. The Morgan fingerprint density at radius 1 is 1.06 bits per heavy atom. The predicted octanol–water partition coefficient (Wildman–Crippen LogP) is -3.91. The van der Waals surface area contributed by atoms with Crippen molar-refractivity contribution in [2.75, 3.05) is 19.7 Å². The molecule has 8 N–H and O–H groups in total. The average Bonchev–Trinajstić information content (AvgIpc) is 2.35. The highest BCUT2D eigenvalue weighted by Crippen LogP contribution is 2.22. The van der Waals surface area contributed by atoms with Crippen molar-refractivity contribution in [2.24, 2.45) is 11.5 Å². The lowest BCUT2D eigenvalue weighted by Gasteiger charge is -2.40. The number of aliphatic hydroxyl groups is 4. The lowest BCUT2D eigenvalue weighted by Crippen LogP contribution is -2.60. The summed E-state index contributed by atoms with van der Waals surface area (Å²) in [7, 11) is 0. The van der Waals surface area contributed by atoms with E-state index in [4.69, 9.17) is 26.0 Å². The molecule has 0 bridgehead atoms. The lowest BCUT2D eigenvalue weighted by atomic mass is 9.99. The van der Waals surface area contributed by atoms with Crippen molar-refractivity contribution in [1.29, 1.82) is 0 Å². The van der Waals surface area contributed by atoms with Crippen LogP contribution in [0.4, 0.5) is 0 Å². The normalized spacial score (nSPS) is 38.6. The fraction of sp³-hybridized carbons (Fsp3) is 1.00. The van der Waals surface area contributed by atoms with Crippen molar-refractivity contribution in [1.82, 2.24) is 0 Å². The first-order valence-electron chi connectivity index (χ1n) is 5.41. The van der Waals surface area contributed by atoms with Gasteiger partial charge >= 0.3 is 0 Å². The van der Waals surface area contributed by atoms with Gasteiger partial charge in [0.05, 0.1) is 12.7 Å². The summed E-state index contributed by atoms with van der Waals surface area (Å²) in [4.78, 5) is 0. The van der Waals surface area contributed by atoms with E-state index < -0.39 is 43.4 Å². The molecule has 102 valence electrons. The van der Waals surface area contributed by atoms with Gasteiger partial charge in [-0.25, -0.2) is 0 Å². The van der Waals surface area contributed by atoms with Crippen molar-refractivity contribution >= 4 is 0 Å². The molecule has 0 spiro atoms. The molecule has 0 unspecified atom stereocenters. The van der Waals surface area contributed by atoms with Crippen molar-refractivity contribution in [3.05, 3.63) is 0 Å².